The molecule has 2 N–H and O–H groups in total. The molecule has 0 bridgehead atoms. The second-order valence-electron chi connectivity index (χ2n) is 4.04. The summed E-state index contributed by atoms with van der Waals surface area (Å²) in [5.74, 6) is 0.279. The average molecular weight is 220 g/mol. The molecule has 16 heavy (non-hydrogen) atoms. The molecule has 1 heterocycles. The summed E-state index contributed by atoms with van der Waals surface area (Å²) in [6.07, 6.45) is 0. The molecule has 0 radical (unpaired) electrons. The fourth-order valence-electron chi connectivity index (χ4n) is 1.84. The van der Waals surface area contributed by atoms with E-state index in [1.165, 1.54) is 0 Å². The summed E-state index contributed by atoms with van der Waals surface area (Å²) in [6, 6.07) is 4.98. The zero-order chi connectivity index (χ0) is 11.5. The van der Waals surface area contributed by atoms with E-state index in [9.17, 15) is 9.90 Å². The molecule has 0 aromatic heterocycles. The largest absolute Gasteiger partial charge is 0.508 e. The Morgan fingerprint density at radius 1 is 1.38 bits per heavy atom. The molecule has 1 aliphatic rings. The van der Waals surface area contributed by atoms with Crippen LogP contribution in [0.3, 0.4) is 0 Å². The molecule has 0 unspecified atom stereocenters. The summed E-state index contributed by atoms with van der Waals surface area (Å²) in [5.41, 5.74) is 1.39. The zero-order valence-corrected chi connectivity index (χ0v) is 9.36. The Hall–Kier alpha value is -1.55. The number of amides is 1. The summed E-state index contributed by atoms with van der Waals surface area (Å²) < 4.78 is 0. The molecule has 0 spiro atoms. The van der Waals surface area contributed by atoms with Crippen LogP contribution in [-0.4, -0.2) is 42.1 Å². The maximum atomic E-state index is 12.1. The first-order valence-electron chi connectivity index (χ1n) is 5.48. The molecule has 1 fully saturated rings. The van der Waals surface area contributed by atoms with E-state index in [4.69, 9.17) is 0 Å². The van der Waals surface area contributed by atoms with Crippen LogP contribution in [0.2, 0.25) is 0 Å². The Balaban J connectivity index is 2.16. The maximum absolute atomic E-state index is 12.1. The summed E-state index contributed by atoms with van der Waals surface area (Å²) in [6.45, 7) is 4.99. The van der Waals surface area contributed by atoms with Gasteiger partial charge in [0, 0.05) is 31.7 Å². The molecule has 0 atom stereocenters. The highest BCUT2D eigenvalue weighted by Gasteiger charge is 2.18. The number of phenols is 1. The van der Waals surface area contributed by atoms with E-state index in [2.05, 4.69) is 5.32 Å². The van der Waals surface area contributed by atoms with E-state index in [0.29, 0.717) is 5.56 Å². The first-order valence-corrected chi connectivity index (χ1v) is 5.48. The average Bonchev–Trinajstić information content (AvgIpc) is 2.33. The minimum atomic E-state index is 0.0459. The molecule has 0 aliphatic carbocycles. The van der Waals surface area contributed by atoms with Crippen LogP contribution in [0.1, 0.15) is 15.9 Å². The molecular weight excluding hydrogens is 204 g/mol. The van der Waals surface area contributed by atoms with Gasteiger partial charge in [0.05, 0.1) is 0 Å². The highest BCUT2D eigenvalue weighted by Crippen LogP contribution is 2.18. The molecule has 4 nitrogen and oxygen atoms in total. The van der Waals surface area contributed by atoms with Crippen LogP contribution in [0.5, 0.6) is 5.75 Å². The van der Waals surface area contributed by atoms with Gasteiger partial charge in [-0.2, -0.15) is 0 Å². The van der Waals surface area contributed by atoms with Gasteiger partial charge in [0.1, 0.15) is 5.75 Å². The van der Waals surface area contributed by atoms with E-state index in [-0.39, 0.29) is 11.7 Å². The van der Waals surface area contributed by atoms with Gasteiger partial charge in [0.25, 0.3) is 5.91 Å². The van der Waals surface area contributed by atoms with Crippen LogP contribution < -0.4 is 5.32 Å². The smallest absolute Gasteiger partial charge is 0.253 e. The molecule has 4 heteroatoms. The summed E-state index contributed by atoms with van der Waals surface area (Å²) >= 11 is 0. The maximum Gasteiger partial charge on any atom is 0.253 e. The van der Waals surface area contributed by atoms with Gasteiger partial charge in [-0.15, -0.1) is 0 Å². The van der Waals surface area contributed by atoms with Crippen LogP contribution in [0.15, 0.2) is 18.2 Å². The van der Waals surface area contributed by atoms with E-state index in [1.807, 2.05) is 4.90 Å². The topological polar surface area (TPSA) is 52.6 Å². The zero-order valence-electron chi connectivity index (χ0n) is 9.36. The molecule has 1 aromatic carbocycles. The second kappa shape index (κ2) is 4.53. The van der Waals surface area contributed by atoms with Crippen molar-refractivity contribution in [2.24, 2.45) is 0 Å². The van der Waals surface area contributed by atoms with Gasteiger partial charge in [0.2, 0.25) is 0 Å². The fraction of sp³-hybridized carbons (Fsp3) is 0.417. The lowest BCUT2D eigenvalue weighted by Gasteiger charge is -2.27. The van der Waals surface area contributed by atoms with Crippen LogP contribution in [0, 0.1) is 6.92 Å². The highest BCUT2D eigenvalue weighted by atomic mass is 16.3. The van der Waals surface area contributed by atoms with Crippen molar-refractivity contribution in [3.05, 3.63) is 29.3 Å². The van der Waals surface area contributed by atoms with Crippen molar-refractivity contribution in [1.29, 1.82) is 0 Å². The molecular formula is C12H16N2O2. The number of carbonyl (C=O) groups excluding carboxylic acids is 1. The monoisotopic (exact) mass is 220 g/mol. The van der Waals surface area contributed by atoms with Gasteiger partial charge in [-0.1, -0.05) is 0 Å². The van der Waals surface area contributed by atoms with Gasteiger partial charge >= 0.3 is 0 Å². The number of aromatic hydroxyl groups is 1. The van der Waals surface area contributed by atoms with Gasteiger partial charge in [-0.25, -0.2) is 0 Å². The number of piperazine rings is 1. The van der Waals surface area contributed by atoms with Crippen molar-refractivity contribution in [2.45, 2.75) is 6.92 Å². The number of nitrogens with zero attached hydrogens (tertiary/aromatic N) is 1. The molecule has 1 aromatic rings. The minimum Gasteiger partial charge on any atom is -0.508 e. The van der Waals surface area contributed by atoms with Gasteiger partial charge in [-0.3, -0.25) is 4.79 Å². The van der Waals surface area contributed by atoms with Crippen molar-refractivity contribution in [3.63, 3.8) is 0 Å². The van der Waals surface area contributed by atoms with Crippen LogP contribution >= 0.6 is 0 Å². The van der Waals surface area contributed by atoms with Gasteiger partial charge in [-0.05, 0) is 30.7 Å². The Bertz CT molecular complexity index is 398. The predicted octanol–water partition coefficient (Wildman–Crippen LogP) is 0.746. The van der Waals surface area contributed by atoms with Crippen molar-refractivity contribution < 1.29 is 9.90 Å². The molecule has 86 valence electrons. The lowest BCUT2D eigenvalue weighted by Crippen LogP contribution is -2.46. The third-order valence-corrected chi connectivity index (χ3v) is 2.85. The van der Waals surface area contributed by atoms with Crippen LogP contribution in [0.4, 0.5) is 0 Å². The van der Waals surface area contributed by atoms with Crippen molar-refractivity contribution in [2.75, 3.05) is 26.2 Å². The number of carbonyl (C=O) groups is 1. The molecule has 1 aliphatic heterocycles. The Kier molecular flexibility index (Phi) is 3.10. The first-order chi connectivity index (χ1) is 7.68. The molecule has 1 saturated heterocycles. The molecule has 1 amide bonds. The van der Waals surface area contributed by atoms with Crippen LogP contribution in [-0.2, 0) is 0 Å². The number of hydrogen-bond donors (Lipinski definition) is 2. The van der Waals surface area contributed by atoms with Gasteiger partial charge < -0.3 is 15.3 Å². The third-order valence-electron chi connectivity index (χ3n) is 2.85. The second-order valence-corrected chi connectivity index (χ2v) is 4.04. The number of rotatable bonds is 1. The SMILES string of the molecule is Cc1cc(C(=O)N2CCNCC2)ccc1O. The van der Waals surface area contributed by atoms with E-state index in [1.54, 1.807) is 25.1 Å². The van der Waals surface area contributed by atoms with Crippen molar-refractivity contribution in [1.82, 2.24) is 10.2 Å². The first kappa shape index (κ1) is 11.0. The lowest BCUT2D eigenvalue weighted by molar-refractivity contribution is 0.0735. The fourth-order valence-corrected chi connectivity index (χ4v) is 1.84. The minimum absolute atomic E-state index is 0.0459. The summed E-state index contributed by atoms with van der Waals surface area (Å²) in [4.78, 5) is 13.9. The van der Waals surface area contributed by atoms with Crippen molar-refractivity contribution >= 4 is 5.91 Å². The van der Waals surface area contributed by atoms with E-state index >= 15 is 0 Å². The Morgan fingerprint density at radius 3 is 2.69 bits per heavy atom. The normalized spacial score (nSPS) is 16.2. The van der Waals surface area contributed by atoms with E-state index < -0.39 is 0 Å². The number of hydrogen-bond acceptors (Lipinski definition) is 3. The lowest BCUT2D eigenvalue weighted by atomic mass is 10.1. The predicted molar refractivity (Wildman–Crippen MR) is 61.6 cm³/mol. The van der Waals surface area contributed by atoms with Crippen LogP contribution in [0.25, 0.3) is 0 Å². The molecule has 0 saturated carbocycles. The molecule has 2 rings (SSSR count). The summed E-state index contributed by atoms with van der Waals surface area (Å²) in [5, 5.41) is 12.6. The van der Waals surface area contributed by atoms with Crippen molar-refractivity contribution in [3.8, 4) is 5.75 Å². The number of phenolic OH excluding ortho intramolecular Hbond substituents is 1. The van der Waals surface area contributed by atoms with Gasteiger partial charge in [0.15, 0.2) is 0 Å². The number of benzene rings is 1. The summed E-state index contributed by atoms with van der Waals surface area (Å²) in [7, 11) is 0. The third kappa shape index (κ3) is 2.17. The number of nitrogens with one attached hydrogen (secondary N) is 1. The Morgan fingerprint density at radius 2 is 2.06 bits per heavy atom. The highest BCUT2D eigenvalue weighted by molar-refractivity contribution is 5.94. The van der Waals surface area contributed by atoms with E-state index in [0.717, 1.165) is 31.7 Å². The quantitative estimate of drug-likeness (QED) is 0.734. The Labute approximate surface area is 94.9 Å². The number of aryl methyl sites for hydroxylation is 1. The standard InChI is InChI=1S/C12H16N2O2/c1-9-8-10(2-3-11(9)15)12(16)14-6-4-13-5-7-14/h2-3,8,13,15H,4-7H2,1H3.